The highest BCUT2D eigenvalue weighted by Gasteiger charge is 2.15. The molecule has 1 aromatic heterocycles. The zero-order valence-corrected chi connectivity index (χ0v) is 12.0. The quantitative estimate of drug-likeness (QED) is 0.753. The monoisotopic (exact) mass is 263 g/mol. The number of nitrogens with zero attached hydrogens (tertiary/aromatic N) is 3. The first-order valence-corrected chi connectivity index (χ1v) is 6.34. The number of aromatic nitrogens is 1. The molecule has 104 valence electrons. The highest BCUT2D eigenvalue weighted by molar-refractivity contribution is 5.42. The summed E-state index contributed by atoms with van der Waals surface area (Å²) in [4.78, 5) is 6.51. The van der Waals surface area contributed by atoms with Gasteiger partial charge in [0.05, 0.1) is 26.2 Å². The van der Waals surface area contributed by atoms with Crippen molar-refractivity contribution < 1.29 is 9.47 Å². The van der Waals surface area contributed by atoms with Gasteiger partial charge in [0.2, 0.25) is 0 Å². The van der Waals surface area contributed by atoms with Gasteiger partial charge in [-0.25, -0.2) is 0 Å². The Morgan fingerprint density at radius 1 is 1.42 bits per heavy atom. The molecule has 0 fully saturated rings. The van der Waals surface area contributed by atoms with E-state index in [-0.39, 0.29) is 5.92 Å². The van der Waals surface area contributed by atoms with Crippen LogP contribution in [-0.4, -0.2) is 37.2 Å². The van der Waals surface area contributed by atoms with Gasteiger partial charge in [-0.05, 0) is 13.5 Å². The Hall–Kier alpha value is -1.80. The summed E-state index contributed by atoms with van der Waals surface area (Å²) >= 11 is 0. The maximum atomic E-state index is 8.89. The lowest BCUT2D eigenvalue weighted by Crippen LogP contribution is -2.28. The van der Waals surface area contributed by atoms with Gasteiger partial charge < -0.3 is 9.47 Å². The molecule has 1 unspecified atom stereocenters. The number of ether oxygens (including phenoxy) is 2. The third kappa shape index (κ3) is 4.11. The minimum atomic E-state index is -0.00319. The number of pyridine rings is 1. The van der Waals surface area contributed by atoms with Crippen LogP contribution in [0.15, 0.2) is 12.3 Å². The van der Waals surface area contributed by atoms with E-state index in [4.69, 9.17) is 14.7 Å². The number of hydrogen-bond acceptors (Lipinski definition) is 5. The molecule has 0 N–H and O–H groups in total. The Labute approximate surface area is 114 Å². The molecule has 0 aliphatic heterocycles. The van der Waals surface area contributed by atoms with Gasteiger partial charge in [0.15, 0.2) is 11.5 Å². The zero-order valence-electron chi connectivity index (χ0n) is 12.0. The van der Waals surface area contributed by atoms with Crippen LogP contribution in [0.5, 0.6) is 11.5 Å². The lowest BCUT2D eigenvalue weighted by molar-refractivity contribution is 0.250. The molecular formula is C14H21N3O2. The Bertz CT molecular complexity index is 443. The molecule has 0 saturated carbocycles. The molecule has 0 bridgehead atoms. The fourth-order valence-electron chi connectivity index (χ4n) is 1.91. The normalized spacial score (nSPS) is 12.0. The Balaban J connectivity index is 2.88. The van der Waals surface area contributed by atoms with Gasteiger partial charge in [-0.2, -0.15) is 5.26 Å². The maximum absolute atomic E-state index is 8.89. The molecule has 19 heavy (non-hydrogen) atoms. The number of methoxy groups -OCH3 is 2. The van der Waals surface area contributed by atoms with Crippen molar-refractivity contribution in [3.8, 4) is 17.6 Å². The van der Waals surface area contributed by atoms with Crippen molar-refractivity contribution in [1.82, 2.24) is 9.88 Å². The van der Waals surface area contributed by atoms with E-state index in [1.165, 1.54) is 0 Å². The lowest BCUT2D eigenvalue weighted by atomic mass is 10.2. The Kier molecular flexibility index (Phi) is 6.10. The molecule has 1 aromatic rings. The first kappa shape index (κ1) is 15.3. The van der Waals surface area contributed by atoms with Crippen molar-refractivity contribution in [3.63, 3.8) is 0 Å². The van der Waals surface area contributed by atoms with E-state index in [1.54, 1.807) is 26.5 Å². The molecule has 0 aliphatic carbocycles. The molecule has 0 radical (unpaired) electrons. The molecule has 1 heterocycles. The maximum Gasteiger partial charge on any atom is 0.183 e. The molecule has 0 aromatic carbocycles. The topological polar surface area (TPSA) is 58.4 Å². The molecule has 0 saturated heterocycles. The molecular weight excluding hydrogens is 242 g/mol. The van der Waals surface area contributed by atoms with E-state index < -0.39 is 0 Å². The van der Waals surface area contributed by atoms with E-state index in [1.807, 2.05) is 6.92 Å². The summed E-state index contributed by atoms with van der Waals surface area (Å²) in [5.74, 6) is 1.33. The summed E-state index contributed by atoms with van der Waals surface area (Å²) in [6.07, 6.45) is 1.71. The van der Waals surface area contributed by atoms with Gasteiger partial charge in [-0.1, -0.05) is 6.92 Å². The van der Waals surface area contributed by atoms with Crippen molar-refractivity contribution >= 4 is 0 Å². The van der Waals surface area contributed by atoms with Gasteiger partial charge >= 0.3 is 0 Å². The van der Waals surface area contributed by atoms with Crippen LogP contribution in [0, 0.1) is 17.2 Å². The predicted octanol–water partition coefficient (Wildman–Crippen LogP) is 2.08. The largest absolute Gasteiger partial charge is 0.493 e. The highest BCUT2D eigenvalue weighted by atomic mass is 16.5. The standard InChI is InChI=1S/C14H21N3O2/c1-5-17(9-11(2)8-15)10-12-14(19-4)13(18-3)6-7-16-12/h6-7,11H,5,9-10H2,1-4H3. The van der Waals surface area contributed by atoms with Crippen molar-refractivity contribution in [1.29, 1.82) is 5.26 Å². The van der Waals surface area contributed by atoms with Gasteiger partial charge in [0, 0.05) is 25.4 Å². The predicted molar refractivity (Wildman–Crippen MR) is 73.1 cm³/mol. The molecule has 5 nitrogen and oxygen atoms in total. The third-order valence-electron chi connectivity index (χ3n) is 2.94. The molecule has 0 aliphatic rings. The zero-order chi connectivity index (χ0) is 14.3. The van der Waals surface area contributed by atoms with E-state index in [9.17, 15) is 0 Å². The number of hydrogen-bond donors (Lipinski definition) is 0. The summed E-state index contributed by atoms with van der Waals surface area (Å²) in [7, 11) is 3.22. The second-order valence-corrected chi connectivity index (χ2v) is 4.35. The van der Waals surface area contributed by atoms with Crippen LogP contribution in [0.1, 0.15) is 19.5 Å². The third-order valence-corrected chi connectivity index (χ3v) is 2.94. The second-order valence-electron chi connectivity index (χ2n) is 4.35. The van der Waals surface area contributed by atoms with Crippen LogP contribution in [0.4, 0.5) is 0 Å². The molecule has 5 heteroatoms. The SMILES string of the molecule is CCN(Cc1nccc(OC)c1OC)CC(C)C#N. The lowest BCUT2D eigenvalue weighted by Gasteiger charge is -2.22. The summed E-state index contributed by atoms with van der Waals surface area (Å²) in [5.41, 5.74) is 0.828. The Morgan fingerprint density at radius 3 is 2.68 bits per heavy atom. The molecule has 1 atom stereocenters. The average molecular weight is 263 g/mol. The van der Waals surface area contributed by atoms with E-state index in [0.717, 1.165) is 18.8 Å². The summed E-state index contributed by atoms with van der Waals surface area (Å²) in [6.45, 7) is 6.20. The fourth-order valence-corrected chi connectivity index (χ4v) is 1.91. The molecule has 1 rings (SSSR count). The first-order chi connectivity index (χ1) is 9.15. The van der Waals surface area contributed by atoms with Crippen molar-refractivity contribution in [2.24, 2.45) is 5.92 Å². The minimum Gasteiger partial charge on any atom is -0.493 e. The van der Waals surface area contributed by atoms with Crippen LogP contribution in [0.2, 0.25) is 0 Å². The van der Waals surface area contributed by atoms with Crippen molar-refractivity contribution in [2.45, 2.75) is 20.4 Å². The van der Waals surface area contributed by atoms with Crippen LogP contribution in [-0.2, 0) is 6.54 Å². The van der Waals surface area contributed by atoms with Crippen molar-refractivity contribution in [3.05, 3.63) is 18.0 Å². The van der Waals surface area contributed by atoms with Gasteiger partial charge in [0.25, 0.3) is 0 Å². The van der Waals surface area contributed by atoms with Crippen LogP contribution in [0.25, 0.3) is 0 Å². The number of nitriles is 1. The summed E-state index contributed by atoms with van der Waals surface area (Å²) in [6, 6.07) is 4.02. The van der Waals surface area contributed by atoms with Crippen LogP contribution < -0.4 is 9.47 Å². The van der Waals surface area contributed by atoms with Gasteiger partial charge in [-0.15, -0.1) is 0 Å². The minimum absolute atomic E-state index is 0.00319. The molecule has 0 amide bonds. The smallest absolute Gasteiger partial charge is 0.183 e. The van der Waals surface area contributed by atoms with Crippen LogP contribution in [0.3, 0.4) is 0 Å². The Morgan fingerprint density at radius 2 is 2.16 bits per heavy atom. The van der Waals surface area contributed by atoms with Crippen molar-refractivity contribution in [2.75, 3.05) is 27.3 Å². The fraction of sp³-hybridized carbons (Fsp3) is 0.571. The average Bonchev–Trinajstić information content (AvgIpc) is 2.45. The van der Waals surface area contributed by atoms with E-state index in [2.05, 4.69) is 22.9 Å². The number of rotatable bonds is 7. The summed E-state index contributed by atoms with van der Waals surface area (Å²) < 4.78 is 10.6. The molecule has 0 spiro atoms. The van der Waals surface area contributed by atoms with E-state index >= 15 is 0 Å². The van der Waals surface area contributed by atoms with Crippen LogP contribution >= 0.6 is 0 Å². The van der Waals surface area contributed by atoms with E-state index in [0.29, 0.717) is 18.0 Å². The van der Waals surface area contributed by atoms with Gasteiger partial charge in [0.1, 0.15) is 5.69 Å². The second kappa shape index (κ2) is 7.59. The first-order valence-electron chi connectivity index (χ1n) is 6.34. The summed E-state index contributed by atoms with van der Waals surface area (Å²) in [5, 5.41) is 8.89. The van der Waals surface area contributed by atoms with Gasteiger partial charge in [-0.3, -0.25) is 9.88 Å². The highest BCUT2D eigenvalue weighted by Crippen LogP contribution is 2.29.